The topological polar surface area (TPSA) is 63.6 Å². The quantitative estimate of drug-likeness (QED) is 0.577. The van der Waals surface area contributed by atoms with Crippen molar-refractivity contribution in [2.45, 2.75) is 6.54 Å². The molecule has 106 valence electrons. The van der Waals surface area contributed by atoms with Crippen molar-refractivity contribution in [3.8, 4) is 0 Å². The first kappa shape index (κ1) is 14.3. The molecule has 0 bridgehead atoms. The third-order valence-corrected chi connectivity index (χ3v) is 3.35. The lowest BCUT2D eigenvalue weighted by Crippen LogP contribution is -2.05. The lowest BCUT2D eigenvalue weighted by molar-refractivity contribution is 1.08. The minimum absolute atomic E-state index is 0.0289. The fraction of sp³-hybridized carbons (Fsp3) is 0.0769. The molecule has 0 amide bonds. The predicted octanol–water partition coefficient (Wildman–Crippen LogP) is 3.99. The van der Waals surface area contributed by atoms with Gasteiger partial charge in [0.25, 0.3) is 0 Å². The Morgan fingerprint density at radius 3 is 2.24 bits per heavy atom. The van der Waals surface area contributed by atoms with E-state index in [4.69, 9.17) is 34.8 Å². The molecule has 1 N–H and O–H groups in total. The number of hydrogen-bond acceptors (Lipinski definition) is 5. The predicted molar refractivity (Wildman–Crippen MR) is 83.9 cm³/mol. The highest BCUT2D eigenvalue weighted by molar-refractivity contribution is 6.36. The summed E-state index contributed by atoms with van der Waals surface area (Å²) in [5.74, 6) is 0.458. The molecule has 0 spiro atoms. The van der Waals surface area contributed by atoms with E-state index >= 15 is 0 Å². The number of nitrogens with one attached hydrogen (secondary N) is 1. The van der Waals surface area contributed by atoms with Crippen molar-refractivity contribution in [2.24, 2.45) is 0 Å². The lowest BCUT2D eigenvalue weighted by Gasteiger charge is -2.09. The Morgan fingerprint density at radius 2 is 1.48 bits per heavy atom. The number of hydrogen-bond donors (Lipinski definition) is 1. The second-order valence-corrected chi connectivity index (χ2v) is 5.20. The summed E-state index contributed by atoms with van der Waals surface area (Å²) in [6.45, 7) is 0.558. The van der Waals surface area contributed by atoms with Crippen molar-refractivity contribution in [1.82, 2.24) is 19.9 Å². The van der Waals surface area contributed by atoms with E-state index in [1.165, 1.54) is 0 Å². The Kier molecular flexibility index (Phi) is 4.05. The minimum Gasteiger partial charge on any atom is -0.364 e. The average molecular weight is 341 g/mol. The fourth-order valence-electron chi connectivity index (χ4n) is 1.83. The Morgan fingerprint density at radius 1 is 0.810 bits per heavy atom. The average Bonchev–Trinajstić information content (AvgIpc) is 2.47. The van der Waals surface area contributed by atoms with Gasteiger partial charge in [0.05, 0.1) is 0 Å². The normalized spacial score (nSPS) is 10.8. The van der Waals surface area contributed by atoms with Crippen LogP contribution in [0.25, 0.3) is 11.0 Å². The van der Waals surface area contributed by atoms with E-state index in [0.717, 1.165) is 5.56 Å². The molecule has 3 aromatic rings. The highest BCUT2D eigenvalue weighted by Gasteiger charge is 2.13. The van der Waals surface area contributed by atoms with E-state index in [2.05, 4.69) is 25.3 Å². The van der Waals surface area contributed by atoms with Crippen LogP contribution in [-0.2, 0) is 6.54 Å². The van der Waals surface area contributed by atoms with Crippen LogP contribution in [0.3, 0.4) is 0 Å². The molecule has 2 aromatic heterocycles. The van der Waals surface area contributed by atoms with Gasteiger partial charge in [-0.2, -0.15) is 4.98 Å². The molecule has 1 aromatic carbocycles. The molecule has 21 heavy (non-hydrogen) atoms. The number of nitrogens with zero attached hydrogens (tertiary/aromatic N) is 4. The van der Waals surface area contributed by atoms with E-state index in [0.29, 0.717) is 23.4 Å². The van der Waals surface area contributed by atoms with E-state index < -0.39 is 0 Å². The third-order valence-electron chi connectivity index (χ3n) is 2.75. The van der Waals surface area contributed by atoms with E-state index in [1.807, 2.05) is 30.3 Å². The molecule has 0 fully saturated rings. The monoisotopic (exact) mass is 339 g/mol. The second kappa shape index (κ2) is 5.97. The van der Waals surface area contributed by atoms with Crippen LogP contribution in [0.5, 0.6) is 0 Å². The van der Waals surface area contributed by atoms with Gasteiger partial charge in [-0.1, -0.05) is 41.9 Å². The summed E-state index contributed by atoms with van der Waals surface area (Å²) in [5, 5.41) is 3.38. The summed E-state index contributed by atoms with van der Waals surface area (Å²) < 4.78 is 0. The van der Waals surface area contributed by atoms with Crippen LogP contribution >= 0.6 is 34.8 Å². The molecule has 8 heteroatoms. The highest BCUT2D eigenvalue weighted by atomic mass is 35.5. The Hall–Kier alpha value is -1.69. The standard InChI is InChI=1S/C13H8Cl3N5/c14-10-8-9(19-12(15)20-10)11(21-13(16)18-8)17-6-7-4-2-1-3-5-7/h1-5H,6H2,(H,17,18,21). The lowest BCUT2D eigenvalue weighted by atomic mass is 10.2. The summed E-state index contributed by atoms with van der Waals surface area (Å²) in [5.41, 5.74) is 1.88. The van der Waals surface area contributed by atoms with Crippen LogP contribution in [0.1, 0.15) is 5.56 Å². The van der Waals surface area contributed by atoms with Crippen LogP contribution in [0.15, 0.2) is 30.3 Å². The fourth-order valence-corrected chi connectivity index (χ4v) is 2.43. The molecule has 0 radical (unpaired) electrons. The Labute approximate surface area is 135 Å². The van der Waals surface area contributed by atoms with Crippen molar-refractivity contribution in [3.63, 3.8) is 0 Å². The van der Waals surface area contributed by atoms with Crippen molar-refractivity contribution in [3.05, 3.63) is 51.6 Å². The van der Waals surface area contributed by atoms with Crippen molar-refractivity contribution < 1.29 is 0 Å². The summed E-state index contributed by atoms with van der Waals surface area (Å²) in [6.07, 6.45) is 0. The van der Waals surface area contributed by atoms with Gasteiger partial charge in [0.15, 0.2) is 11.0 Å². The molecule has 0 aliphatic rings. The van der Waals surface area contributed by atoms with E-state index in [1.54, 1.807) is 0 Å². The van der Waals surface area contributed by atoms with Crippen LogP contribution in [0, 0.1) is 0 Å². The maximum absolute atomic E-state index is 6.01. The molecule has 0 saturated carbocycles. The zero-order valence-corrected chi connectivity index (χ0v) is 12.8. The van der Waals surface area contributed by atoms with Gasteiger partial charge in [0.1, 0.15) is 11.0 Å². The van der Waals surface area contributed by atoms with Crippen LogP contribution in [0.4, 0.5) is 5.82 Å². The number of fused-ring (bicyclic) bond motifs is 1. The molecule has 2 heterocycles. The second-order valence-electron chi connectivity index (χ2n) is 4.16. The molecular weight excluding hydrogens is 333 g/mol. The number of halogens is 3. The first-order valence-corrected chi connectivity index (χ1v) is 7.11. The number of anilines is 1. The van der Waals surface area contributed by atoms with Gasteiger partial charge >= 0.3 is 0 Å². The molecule has 3 rings (SSSR count). The first-order valence-electron chi connectivity index (χ1n) is 5.97. The summed E-state index contributed by atoms with van der Waals surface area (Å²) >= 11 is 17.7. The maximum Gasteiger partial charge on any atom is 0.225 e. The van der Waals surface area contributed by atoms with Gasteiger partial charge < -0.3 is 5.32 Å². The number of rotatable bonds is 3. The van der Waals surface area contributed by atoms with E-state index in [-0.39, 0.29) is 15.7 Å². The van der Waals surface area contributed by atoms with Gasteiger partial charge in [-0.25, -0.2) is 15.0 Å². The van der Waals surface area contributed by atoms with Crippen molar-refractivity contribution in [1.29, 1.82) is 0 Å². The van der Waals surface area contributed by atoms with Crippen LogP contribution < -0.4 is 5.32 Å². The van der Waals surface area contributed by atoms with E-state index in [9.17, 15) is 0 Å². The van der Waals surface area contributed by atoms with Gasteiger partial charge in [-0.3, -0.25) is 0 Å². The van der Waals surface area contributed by atoms with Gasteiger partial charge in [0, 0.05) is 6.54 Å². The summed E-state index contributed by atoms with van der Waals surface area (Å²) in [6, 6.07) is 9.85. The van der Waals surface area contributed by atoms with Gasteiger partial charge in [-0.05, 0) is 28.8 Å². The summed E-state index contributed by atoms with van der Waals surface area (Å²) in [4.78, 5) is 16.1. The molecular formula is C13H8Cl3N5. The van der Waals surface area contributed by atoms with Crippen molar-refractivity contribution in [2.75, 3.05) is 5.32 Å². The smallest absolute Gasteiger partial charge is 0.225 e. The molecule has 0 atom stereocenters. The van der Waals surface area contributed by atoms with Crippen molar-refractivity contribution >= 4 is 51.7 Å². The van der Waals surface area contributed by atoms with Gasteiger partial charge in [0.2, 0.25) is 10.6 Å². The minimum atomic E-state index is 0.0289. The largest absolute Gasteiger partial charge is 0.364 e. The Bertz CT molecular complexity index is 795. The molecule has 5 nitrogen and oxygen atoms in total. The SMILES string of the molecule is Clc1nc(NCc2ccccc2)c2nc(Cl)nc(Cl)c2n1. The first-order chi connectivity index (χ1) is 10.1. The zero-order chi connectivity index (χ0) is 14.8. The third kappa shape index (κ3) is 3.15. The maximum atomic E-state index is 6.01. The van der Waals surface area contributed by atoms with Gasteiger partial charge in [-0.15, -0.1) is 0 Å². The number of benzene rings is 1. The molecule has 0 aliphatic carbocycles. The highest BCUT2D eigenvalue weighted by Crippen LogP contribution is 2.26. The zero-order valence-electron chi connectivity index (χ0n) is 10.5. The number of aromatic nitrogens is 4. The summed E-state index contributed by atoms with van der Waals surface area (Å²) in [7, 11) is 0. The Balaban J connectivity index is 2.01. The molecule has 0 unspecified atom stereocenters. The van der Waals surface area contributed by atoms with Crippen LogP contribution in [-0.4, -0.2) is 19.9 Å². The molecule has 0 aliphatic heterocycles. The molecule has 0 saturated heterocycles. The van der Waals surface area contributed by atoms with Crippen LogP contribution in [0.2, 0.25) is 15.7 Å².